The van der Waals surface area contributed by atoms with Gasteiger partial charge in [0.2, 0.25) is 0 Å². The Morgan fingerprint density at radius 3 is 3.09 bits per heavy atom. The molecule has 3 nitrogen and oxygen atoms in total. The second kappa shape index (κ2) is 2.84. The van der Waals surface area contributed by atoms with Crippen LogP contribution in [-0.2, 0) is 4.74 Å². The number of rotatable bonds is 1. The molecule has 1 aliphatic rings. The average Bonchev–Trinajstić information content (AvgIpc) is 2.58. The molecule has 0 atom stereocenters. The first-order valence-electron chi connectivity index (χ1n) is 3.04. The Labute approximate surface area is 67.8 Å². The number of nitrogens with zero attached hydrogens (tertiary/aromatic N) is 1. The highest BCUT2D eigenvalue weighted by Gasteiger charge is 2.07. The van der Waals surface area contributed by atoms with Gasteiger partial charge in [0.1, 0.15) is 6.26 Å². The van der Waals surface area contributed by atoms with Gasteiger partial charge in [-0.1, -0.05) is 11.8 Å². The lowest BCUT2D eigenvalue weighted by molar-refractivity contribution is 0.403. The van der Waals surface area contributed by atoms with Gasteiger partial charge in [-0.25, -0.2) is 4.98 Å². The fourth-order valence-corrected chi connectivity index (χ4v) is 1.19. The predicted molar refractivity (Wildman–Crippen MR) is 42.3 cm³/mol. The van der Waals surface area contributed by atoms with Crippen LogP contribution in [0.2, 0.25) is 0 Å². The number of oxazole rings is 1. The molecule has 0 saturated carbocycles. The van der Waals surface area contributed by atoms with E-state index in [1.807, 2.05) is 10.8 Å². The average molecular weight is 167 g/mol. The summed E-state index contributed by atoms with van der Waals surface area (Å²) in [5, 5.41) is 3.68. The van der Waals surface area contributed by atoms with Crippen LogP contribution in [0.5, 0.6) is 0 Å². The maximum atomic E-state index is 5.13. The summed E-state index contributed by atoms with van der Waals surface area (Å²) in [6.45, 7) is 0. The van der Waals surface area contributed by atoms with E-state index in [1.54, 1.807) is 12.5 Å². The Morgan fingerprint density at radius 1 is 1.45 bits per heavy atom. The molecule has 0 spiro atoms. The van der Waals surface area contributed by atoms with Crippen LogP contribution in [0.25, 0.3) is 5.76 Å². The largest absolute Gasteiger partial charge is 0.458 e. The van der Waals surface area contributed by atoms with Crippen molar-refractivity contribution in [3.63, 3.8) is 0 Å². The minimum atomic E-state index is 0.516. The van der Waals surface area contributed by atoms with E-state index in [0.29, 0.717) is 11.6 Å². The van der Waals surface area contributed by atoms with Gasteiger partial charge in [-0.2, -0.15) is 0 Å². The van der Waals surface area contributed by atoms with Crippen LogP contribution in [0, 0.1) is 0 Å². The van der Waals surface area contributed by atoms with Gasteiger partial charge in [-0.15, -0.1) is 0 Å². The lowest BCUT2D eigenvalue weighted by Crippen LogP contribution is -1.87. The van der Waals surface area contributed by atoms with Crippen molar-refractivity contribution in [2.45, 2.75) is 0 Å². The second-order valence-corrected chi connectivity index (χ2v) is 2.63. The van der Waals surface area contributed by atoms with Crippen molar-refractivity contribution in [3.05, 3.63) is 35.4 Å². The van der Waals surface area contributed by atoms with E-state index in [1.165, 1.54) is 18.0 Å². The van der Waals surface area contributed by atoms with E-state index in [2.05, 4.69) is 4.98 Å². The summed E-state index contributed by atoms with van der Waals surface area (Å²) in [5.41, 5.74) is 0. The van der Waals surface area contributed by atoms with Gasteiger partial charge < -0.3 is 9.15 Å². The molecule has 0 bridgehead atoms. The first-order chi connectivity index (χ1) is 5.47. The van der Waals surface area contributed by atoms with Crippen molar-refractivity contribution < 1.29 is 9.15 Å². The molecular weight excluding hydrogens is 162 g/mol. The first-order valence-corrected chi connectivity index (χ1v) is 3.98. The molecule has 56 valence electrons. The molecule has 0 fully saturated rings. The van der Waals surface area contributed by atoms with Crippen molar-refractivity contribution in [1.29, 1.82) is 0 Å². The Balaban J connectivity index is 2.24. The first kappa shape index (κ1) is 6.54. The van der Waals surface area contributed by atoms with Crippen LogP contribution in [0.15, 0.2) is 34.0 Å². The summed E-state index contributed by atoms with van der Waals surface area (Å²) in [7, 11) is 0. The van der Waals surface area contributed by atoms with Crippen LogP contribution >= 0.6 is 11.8 Å². The molecule has 0 unspecified atom stereocenters. The molecule has 0 saturated heterocycles. The molecule has 0 aliphatic carbocycles. The number of thioether (sulfide) groups is 1. The normalized spacial score (nSPS) is 15.8. The van der Waals surface area contributed by atoms with Crippen molar-refractivity contribution in [1.82, 2.24) is 4.98 Å². The third-order valence-corrected chi connectivity index (χ3v) is 1.77. The molecule has 2 rings (SSSR count). The minimum absolute atomic E-state index is 0.516. The highest BCUT2D eigenvalue weighted by Crippen LogP contribution is 2.23. The van der Waals surface area contributed by atoms with Crippen LogP contribution < -0.4 is 0 Å². The Bertz CT molecular complexity index is 289. The van der Waals surface area contributed by atoms with Crippen LogP contribution in [-0.4, -0.2) is 4.98 Å². The van der Waals surface area contributed by atoms with E-state index in [0.717, 1.165) is 0 Å². The number of hydrogen-bond acceptors (Lipinski definition) is 4. The molecule has 1 aromatic rings. The molecular formula is C7H5NO2S. The summed E-state index contributed by atoms with van der Waals surface area (Å²) >= 11 is 1.53. The zero-order valence-corrected chi connectivity index (χ0v) is 6.38. The lowest BCUT2D eigenvalue weighted by atomic mass is 10.5. The maximum absolute atomic E-state index is 5.13. The molecule has 1 aliphatic heterocycles. The highest BCUT2D eigenvalue weighted by atomic mass is 32.2. The molecule has 0 N–H and O–H groups in total. The third kappa shape index (κ3) is 1.30. The van der Waals surface area contributed by atoms with Gasteiger partial charge in [0.05, 0.1) is 12.5 Å². The number of ether oxygens (including phenoxy) is 1. The fraction of sp³-hybridized carbons (Fsp3) is 0. The molecule has 0 aromatic carbocycles. The van der Waals surface area contributed by atoms with E-state index >= 15 is 0 Å². The van der Waals surface area contributed by atoms with Gasteiger partial charge in [-0.3, -0.25) is 0 Å². The highest BCUT2D eigenvalue weighted by molar-refractivity contribution is 8.05. The number of hydrogen-bond donors (Lipinski definition) is 0. The van der Waals surface area contributed by atoms with E-state index < -0.39 is 0 Å². The van der Waals surface area contributed by atoms with E-state index in [-0.39, 0.29) is 0 Å². The van der Waals surface area contributed by atoms with Gasteiger partial charge >= 0.3 is 0 Å². The Kier molecular flexibility index (Phi) is 1.69. The summed E-state index contributed by atoms with van der Waals surface area (Å²) in [6, 6.07) is 0. The van der Waals surface area contributed by atoms with E-state index in [4.69, 9.17) is 9.15 Å². The zero-order valence-electron chi connectivity index (χ0n) is 5.56. The van der Waals surface area contributed by atoms with Crippen LogP contribution in [0.3, 0.4) is 0 Å². The van der Waals surface area contributed by atoms with Gasteiger partial charge in [-0.05, 0) is 0 Å². The topological polar surface area (TPSA) is 35.3 Å². The smallest absolute Gasteiger partial charge is 0.263 e. The standard InChI is InChI=1S/C7H5NO2S/c1-2-10-7(8-1)6-5-11-4-3-9-6/h1-5H. The van der Waals surface area contributed by atoms with Crippen molar-refractivity contribution in [2.24, 2.45) is 0 Å². The summed E-state index contributed by atoms with van der Waals surface area (Å²) in [6.07, 6.45) is 4.70. The van der Waals surface area contributed by atoms with E-state index in [9.17, 15) is 0 Å². The summed E-state index contributed by atoms with van der Waals surface area (Å²) in [5.74, 6) is 1.17. The fourth-order valence-electron chi connectivity index (χ4n) is 0.708. The Morgan fingerprint density at radius 2 is 2.45 bits per heavy atom. The summed E-state index contributed by atoms with van der Waals surface area (Å²) in [4.78, 5) is 3.93. The summed E-state index contributed by atoms with van der Waals surface area (Å²) < 4.78 is 10.1. The SMILES string of the molecule is C1=CSC=C(c2ncco2)O1. The molecule has 0 radical (unpaired) electrons. The van der Waals surface area contributed by atoms with Crippen molar-refractivity contribution in [3.8, 4) is 0 Å². The van der Waals surface area contributed by atoms with Crippen molar-refractivity contribution in [2.75, 3.05) is 0 Å². The predicted octanol–water partition coefficient (Wildman–Crippen LogP) is 2.21. The van der Waals surface area contributed by atoms with Crippen LogP contribution in [0.1, 0.15) is 5.89 Å². The second-order valence-electron chi connectivity index (χ2n) is 1.85. The third-order valence-electron chi connectivity index (χ3n) is 1.15. The van der Waals surface area contributed by atoms with Gasteiger partial charge in [0.15, 0.2) is 5.76 Å². The van der Waals surface area contributed by atoms with Crippen LogP contribution in [0.4, 0.5) is 0 Å². The zero-order chi connectivity index (χ0) is 7.52. The molecule has 1 aromatic heterocycles. The Hall–Kier alpha value is -1.16. The number of aromatic nitrogens is 1. The van der Waals surface area contributed by atoms with Gasteiger partial charge in [0, 0.05) is 10.8 Å². The molecule has 2 heterocycles. The molecule has 11 heavy (non-hydrogen) atoms. The van der Waals surface area contributed by atoms with Gasteiger partial charge in [0.25, 0.3) is 5.89 Å². The molecule has 4 heteroatoms. The van der Waals surface area contributed by atoms with Crippen molar-refractivity contribution >= 4 is 17.5 Å². The maximum Gasteiger partial charge on any atom is 0.263 e. The minimum Gasteiger partial charge on any atom is -0.458 e. The lowest BCUT2D eigenvalue weighted by Gasteiger charge is -2.03. The monoisotopic (exact) mass is 167 g/mol. The molecule has 0 amide bonds. The quantitative estimate of drug-likeness (QED) is 0.642.